The third-order valence-electron chi connectivity index (χ3n) is 5.03. The van der Waals surface area contributed by atoms with Crippen LogP contribution in [0.15, 0.2) is 30.5 Å². The molecule has 1 N–H and O–H groups in total. The number of nitrogens with one attached hydrogen (secondary N) is 1. The van der Waals surface area contributed by atoms with Crippen LogP contribution in [0.5, 0.6) is 0 Å². The van der Waals surface area contributed by atoms with Gasteiger partial charge in [0.2, 0.25) is 5.91 Å². The number of nitrogens with zero attached hydrogens (tertiary/aromatic N) is 2. The van der Waals surface area contributed by atoms with E-state index in [4.69, 9.17) is 0 Å². The van der Waals surface area contributed by atoms with Crippen molar-refractivity contribution < 1.29 is 9.18 Å². The Hall–Kier alpha value is -2.17. The molecule has 23 heavy (non-hydrogen) atoms. The number of hydrogen-bond donors (Lipinski definition) is 1. The first-order valence-corrected chi connectivity index (χ1v) is 8.16. The fourth-order valence-corrected chi connectivity index (χ4v) is 3.57. The Morgan fingerprint density at radius 3 is 2.78 bits per heavy atom. The fraction of sp³-hybridized carbons (Fsp3) is 0.444. The van der Waals surface area contributed by atoms with Crippen molar-refractivity contribution in [3.05, 3.63) is 53.4 Å². The molecule has 120 valence electrons. The van der Waals surface area contributed by atoms with E-state index in [0.29, 0.717) is 0 Å². The van der Waals surface area contributed by atoms with Crippen LogP contribution < -0.4 is 5.32 Å². The zero-order valence-corrected chi connectivity index (χ0v) is 13.2. The molecular formula is C18H20FN3O. The lowest BCUT2D eigenvalue weighted by molar-refractivity contribution is -0.124. The fourth-order valence-electron chi connectivity index (χ4n) is 3.57. The molecule has 1 fully saturated rings. The zero-order valence-electron chi connectivity index (χ0n) is 13.2. The second kappa shape index (κ2) is 5.18. The Kier molecular flexibility index (Phi) is 3.25. The van der Waals surface area contributed by atoms with Gasteiger partial charge >= 0.3 is 0 Å². The predicted molar refractivity (Wildman–Crippen MR) is 84.5 cm³/mol. The van der Waals surface area contributed by atoms with Gasteiger partial charge in [0.15, 0.2) is 0 Å². The molecule has 1 saturated carbocycles. The lowest BCUT2D eigenvalue weighted by Gasteiger charge is -2.27. The summed E-state index contributed by atoms with van der Waals surface area (Å²) in [5, 5.41) is 3.20. The summed E-state index contributed by atoms with van der Waals surface area (Å²) in [6.07, 6.45) is 5.53. The van der Waals surface area contributed by atoms with Gasteiger partial charge in [-0.1, -0.05) is 12.1 Å². The van der Waals surface area contributed by atoms with Gasteiger partial charge < -0.3 is 9.88 Å². The van der Waals surface area contributed by atoms with Gasteiger partial charge in [0.1, 0.15) is 11.6 Å². The number of carbonyl (C=O) groups is 1. The number of hydrogen-bond acceptors (Lipinski definition) is 2. The molecule has 5 heteroatoms. The average Bonchev–Trinajstić information content (AvgIpc) is 3.25. The lowest BCUT2D eigenvalue weighted by Crippen LogP contribution is -2.45. The maximum atomic E-state index is 13.1. The third kappa shape index (κ3) is 2.54. The summed E-state index contributed by atoms with van der Waals surface area (Å²) in [6.45, 7) is 2.77. The van der Waals surface area contributed by atoms with Crippen LogP contribution in [0, 0.1) is 12.7 Å². The minimum absolute atomic E-state index is 0.0781. The normalized spacial score (nSPS) is 21.6. The zero-order chi connectivity index (χ0) is 16.0. The number of imidazole rings is 1. The monoisotopic (exact) mass is 313 g/mol. The highest BCUT2D eigenvalue weighted by molar-refractivity contribution is 5.91. The smallest absolute Gasteiger partial charge is 0.230 e. The van der Waals surface area contributed by atoms with E-state index >= 15 is 0 Å². The number of fused-ring (bicyclic) bond motifs is 1. The van der Waals surface area contributed by atoms with Gasteiger partial charge in [-0.3, -0.25) is 4.79 Å². The minimum atomic E-state index is -0.446. The number of benzene rings is 1. The van der Waals surface area contributed by atoms with Crippen molar-refractivity contribution in [1.29, 1.82) is 0 Å². The van der Waals surface area contributed by atoms with Gasteiger partial charge in [-0.05, 0) is 43.9 Å². The molecule has 4 rings (SSSR count). The molecule has 2 aromatic rings. The second-order valence-electron chi connectivity index (χ2n) is 6.75. The van der Waals surface area contributed by atoms with Crippen molar-refractivity contribution in [3.8, 4) is 0 Å². The minimum Gasteiger partial charge on any atom is -0.351 e. The maximum absolute atomic E-state index is 13.1. The Morgan fingerprint density at radius 2 is 2.09 bits per heavy atom. The molecule has 1 unspecified atom stereocenters. The summed E-state index contributed by atoms with van der Waals surface area (Å²) in [5.74, 6) is 0.919. The number of aromatic nitrogens is 2. The Labute approximate surface area is 134 Å². The topological polar surface area (TPSA) is 46.9 Å². The van der Waals surface area contributed by atoms with Crippen molar-refractivity contribution in [2.24, 2.45) is 0 Å². The van der Waals surface area contributed by atoms with Crippen LogP contribution in [0.25, 0.3) is 0 Å². The first-order chi connectivity index (χ1) is 11.1. The summed E-state index contributed by atoms with van der Waals surface area (Å²) in [6, 6.07) is 6.48. The van der Waals surface area contributed by atoms with Crippen molar-refractivity contribution in [2.45, 2.75) is 50.6 Å². The van der Waals surface area contributed by atoms with Gasteiger partial charge in [-0.25, -0.2) is 9.37 Å². The molecule has 0 radical (unpaired) electrons. The van der Waals surface area contributed by atoms with Crippen molar-refractivity contribution in [2.75, 3.05) is 0 Å². The Morgan fingerprint density at radius 1 is 1.35 bits per heavy atom. The van der Waals surface area contributed by atoms with Gasteiger partial charge in [0.05, 0.1) is 11.1 Å². The molecule has 0 bridgehead atoms. The van der Waals surface area contributed by atoms with Crippen molar-refractivity contribution in [1.82, 2.24) is 14.9 Å². The SMILES string of the molecule is Cc1cn2c(n1)CCC(NC(=O)C1(c3ccc(F)cc3)CC1)C2. The van der Waals surface area contributed by atoms with Crippen LogP contribution in [-0.4, -0.2) is 21.5 Å². The number of carbonyl (C=O) groups excluding carboxylic acids is 1. The highest BCUT2D eigenvalue weighted by atomic mass is 19.1. The molecule has 0 spiro atoms. The summed E-state index contributed by atoms with van der Waals surface area (Å²) < 4.78 is 15.2. The summed E-state index contributed by atoms with van der Waals surface area (Å²) in [7, 11) is 0. The van der Waals surface area contributed by atoms with E-state index in [-0.39, 0.29) is 17.8 Å². The molecule has 1 aromatic carbocycles. The molecule has 1 aliphatic carbocycles. The van der Waals surface area contributed by atoms with Crippen LogP contribution >= 0.6 is 0 Å². The molecule has 0 saturated heterocycles. The maximum Gasteiger partial charge on any atom is 0.230 e. The molecule has 1 aromatic heterocycles. The van der Waals surface area contributed by atoms with Crippen LogP contribution in [0.4, 0.5) is 4.39 Å². The number of rotatable bonds is 3. The molecule has 2 heterocycles. The molecule has 1 aliphatic heterocycles. The van der Waals surface area contributed by atoms with E-state index in [1.807, 2.05) is 13.1 Å². The van der Waals surface area contributed by atoms with E-state index in [1.165, 1.54) is 12.1 Å². The van der Waals surface area contributed by atoms with Gasteiger partial charge in [0, 0.05) is 25.2 Å². The van der Waals surface area contributed by atoms with E-state index in [0.717, 1.165) is 49.3 Å². The molecular weight excluding hydrogens is 293 g/mol. The van der Waals surface area contributed by atoms with Crippen LogP contribution in [0.1, 0.15) is 36.3 Å². The number of amides is 1. The first kappa shape index (κ1) is 14.4. The predicted octanol–water partition coefficient (Wildman–Crippen LogP) is 2.49. The summed E-state index contributed by atoms with van der Waals surface area (Å²) in [4.78, 5) is 17.3. The van der Waals surface area contributed by atoms with Crippen LogP contribution in [-0.2, 0) is 23.2 Å². The Balaban J connectivity index is 1.47. The van der Waals surface area contributed by atoms with E-state index in [9.17, 15) is 9.18 Å². The summed E-state index contributed by atoms with van der Waals surface area (Å²) in [5.41, 5.74) is 1.50. The molecule has 1 amide bonds. The Bertz CT molecular complexity index is 746. The highest BCUT2D eigenvalue weighted by Gasteiger charge is 2.51. The van der Waals surface area contributed by atoms with Gasteiger partial charge in [0.25, 0.3) is 0 Å². The molecule has 1 atom stereocenters. The quantitative estimate of drug-likeness (QED) is 0.946. The highest BCUT2D eigenvalue weighted by Crippen LogP contribution is 2.48. The second-order valence-corrected chi connectivity index (χ2v) is 6.75. The van der Waals surface area contributed by atoms with Crippen LogP contribution in [0.2, 0.25) is 0 Å². The van der Waals surface area contributed by atoms with Gasteiger partial charge in [-0.15, -0.1) is 0 Å². The van der Waals surface area contributed by atoms with E-state index < -0.39 is 5.41 Å². The average molecular weight is 313 g/mol. The summed E-state index contributed by atoms with van der Waals surface area (Å²) >= 11 is 0. The first-order valence-electron chi connectivity index (χ1n) is 8.16. The largest absolute Gasteiger partial charge is 0.351 e. The van der Waals surface area contributed by atoms with E-state index in [1.54, 1.807) is 12.1 Å². The van der Waals surface area contributed by atoms with Crippen LogP contribution in [0.3, 0.4) is 0 Å². The van der Waals surface area contributed by atoms with Crippen molar-refractivity contribution in [3.63, 3.8) is 0 Å². The number of aryl methyl sites for hydroxylation is 2. The van der Waals surface area contributed by atoms with Gasteiger partial charge in [-0.2, -0.15) is 0 Å². The lowest BCUT2D eigenvalue weighted by atomic mass is 9.94. The third-order valence-corrected chi connectivity index (χ3v) is 5.03. The van der Waals surface area contributed by atoms with E-state index in [2.05, 4.69) is 14.9 Å². The van der Waals surface area contributed by atoms with Crippen molar-refractivity contribution >= 4 is 5.91 Å². The standard InChI is InChI=1S/C18H20FN3O/c1-12-10-22-11-15(6-7-16(22)20-12)21-17(23)18(8-9-18)13-2-4-14(19)5-3-13/h2-5,10,15H,6-9,11H2,1H3,(H,21,23). The molecule has 4 nitrogen and oxygen atoms in total. The molecule has 2 aliphatic rings. The number of halogens is 1.